The molecule has 0 saturated carbocycles. The number of carbonyl (C=O) groups is 1. The van der Waals surface area contributed by atoms with Crippen molar-refractivity contribution in [1.82, 2.24) is 19.8 Å². The van der Waals surface area contributed by atoms with E-state index >= 15 is 0 Å². The fraction of sp³-hybridized carbons (Fsp3) is 0.769. The van der Waals surface area contributed by atoms with Crippen LogP contribution in [-0.2, 0) is 26.1 Å². The van der Waals surface area contributed by atoms with Crippen molar-refractivity contribution in [3.63, 3.8) is 0 Å². The fourth-order valence-corrected chi connectivity index (χ4v) is 3.25. The molecule has 0 bridgehead atoms. The minimum absolute atomic E-state index is 0.00143. The monoisotopic (exact) mass is 346 g/mol. The first-order valence-corrected chi connectivity index (χ1v) is 9.37. The molecule has 0 atom stereocenters. The molecule has 130 valence electrons. The Kier molecular flexibility index (Phi) is 6.08. The number of hydrogen-bond donors (Lipinski definition) is 1. The van der Waals surface area contributed by atoms with Crippen molar-refractivity contribution in [1.29, 1.82) is 0 Å². The van der Waals surface area contributed by atoms with Crippen molar-refractivity contribution in [2.45, 2.75) is 32.2 Å². The summed E-state index contributed by atoms with van der Waals surface area (Å²) in [6.07, 6.45) is 2.52. The summed E-state index contributed by atoms with van der Waals surface area (Å²) in [6, 6.07) is 0. The fourth-order valence-electron chi connectivity index (χ4n) is 2.37. The highest BCUT2D eigenvalue weighted by Crippen LogP contribution is 2.26. The Morgan fingerprint density at radius 2 is 2.13 bits per heavy atom. The molecule has 1 N–H and O–H groups in total. The molecule has 1 aromatic heterocycles. The highest BCUT2D eigenvalue weighted by atomic mass is 32.2. The zero-order chi connectivity index (χ0) is 16.9. The molecule has 0 aliphatic carbocycles. The van der Waals surface area contributed by atoms with E-state index in [4.69, 9.17) is 9.26 Å². The van der Waals surface area contributed by atoms with Gasteiger partial charge in [0.2, 0.25) is 21.8 Å². The Morgan fingerprint density at radius 3 is 2.74 bits per heavy atom. The number of hydrogen-bond acceptors (Lipinski definition) is 7. The standard InChI is InChI=1S/C13H22N4O5S/c1-3-21-9-11(18)14-8-12-15-13(16-22-12)10-4-6-17(7-5-10)23(2,19)20/h10H,3-9H2,1-2H3,(H,14,18). The second-order valence-corrected chi connectivity index (χ2v) is 7.38. The normalized spacial score (nSPS) is 17.3. The van der Waals surface area contributed by atoms with Crippen LogP contribution in [0.3, 0.4) is 0 Å². The molecule has 0 radical (unpaired) electrons. The van der Waals surface area contributed by atoms with Crippen LogP contribution >= 0.6 is 0 Å². The van der Waals surface area contributed by atoms with Gasteiger partial charge in [0, 0.05) is 25.6 Å². The Bertz CT molecular complexity index is 622. The van der Waals surface area contributed by atoms with Crippen LogP contribution in [0.5, 0.6) is 0 Å². The molecule has 9 nitrogen and oxygen atoms in total. The Balaban J connectivity index is 1.82. The lowest BCUT2D eigenvalue weighted by molar-refractivity contribution is -0.125. The number of aromatic nitrogens is 2. The number of sulfonamides is 1. The lowest BCUT2D eigenvalue weighted by atomic mass is 9.98. The molecular formula is C13H22N4O5S. The van der Waals surface area contributed by atoms with Crippen molar-refractivity contribution < 1.29 is 22.5 Å². The van der Waals surface area contributed by atoms with Gasteiger partial charge in [0.25, 0.3) is 0 Å². The van der Waals surface area contributed by atoms with Crippen molar-refractivity contribution in [3.8, 4) is 0 Å². The van der Waals surface area contributed by atoms with Crippen LogP contribution in [0, 0.1) is 0 Å². The molecule has 1 aliphatic rings. The number of rotatable bonds is 7. The first-order valence-electron chi connectivity index (χ1n) is 7.52. The first-order chi connectivity index (χ1) is 10.9. The summed E-state index contributed by atoms with van der Waals surface area (Å²) in [5.74, 6) is 0.722. The molecule has 1 aromatic rings. The van der Waals surface area contributed by atoms with Gasteiger partial charge in [0.15, 0.2) is 5.82 Å². The third-order valence-electron chi connectivity index (χ3n) is 3.65. The van der Waals surface area contributed by atoms with Crippen LogP contribution in [0.25, 0.3) is 0 Å². The van der Waals surface area contributed by atoms with E-state index in [0.717, 1.165) is 0 Å². The van der Waals surface area contributed by atoms with E-state index in [0.29, 0.717) is 44.3 Å². The summed E-state index contributed by atoms with van der Waals surface area (Å²) in [5, 5.41) is 6.56. The molecule has 2 heterocycles. The van der Waals surface area contributed by atoms with Crippen LogP contribution < -0.4 is 5.32 Å². The summed E-state index contributed by atoms with van der Waals surface area (Å²) in [6.45, 7) is 3.36. The lowest BCUT2D eigenvalue weighted by Crippen LogP contribution is -2.37. The van der Waals surface area contributed by atoms with E-state index in [9.17, 15) is 13.2 Å². The summed E-state index contributed by atoms with van der Waals surface area (Å²) < 4.78 is 34.5. The van der Waals surface area contributed by atoms with Crippen LogP contribution in [0.2, 0.25) is 0 Å². The quantitative estimate of drug-likeness (QED) is 0.731. The van der Waals surface area contributed by atoms with Crippen LogP contribution in [0.15, 0.2) is 4.52 Å². The molecule has 0 spiro atoms. The molecule has 2 rings (SSSR count). The summed E-state index contributed by atoms with van der Waals surface area (Å²) in [5.41, 5.74) is 0. The van der Waals surface area contributed by atoms with Crippen molar-refractivity contribution in [2.75, 3.05) is 32.6 Å². The second kappa shape index (κ2) is 7.84. The molecule has 10 heteroatoms. The van der Waals surface area contributed by atoms with Crippen LogP contribution in [-0.4, -0.2) is 61.3 Å². The molecule has 1 fully saturated rings. The van der Waals surface area contributed by atoms with Gasteiger partial charge in [-0.3, -0.25) is 4.79 Å². The highest BCUT2D eigenvalue weighted by Gasteiger charge is 2.28. The number of amides is 1. The van der Waals surface area contributed by atoms with E-state index in [1.54, 1.807) is 0 Å². The van der Waals surface area contributed by atoms with Crippen molar-refractivity contribution >= 4 is 15.9 Å². The third-order valence-corrected chi connectivity index (χ3v) is 4.95. The maximum Gasteiger partial charge on any atom is 0.246 e. The Hall–Kier alpha value is -1.52. The number of piperidine rings is 1. The largest absolute Gasteiger partial charge is 0.372 e. The molecule has 0 aromatic carbocycles. The average Bonchev–Trinajstić information content (AvgIpc) is 2.99. The molecule has 1 aliphatic heterocycles. The van der Waals surface area contributed by atoms with Gasteiger partial charge in [0.05, 0.1) is 12.8 Å². The van der Waals surface area contributed by atoms with E-state index in [1.807, 2.05) is 6.92 Å². The van der Waals surface area contributed by atoms with Crippen LogP contribution in [0.4, 0.5) is 0 Å². The van der Waals surface area contributed by atoms with E-state index < -0.39 is 10.0 Å². The third kappa shape index (κ3) is 5.26. The predicted molar refractivity (Wildman–Crippen MR) is 81.0 cm³/mol. The molecule has 1 amide bonds. The number of nitrogens with one attached hydrogen (secondary N) is 1. The minimum Gasteiger partial charge on any atom is -0.372 e. The lowest BCUT2D eigenvalue weighted by Gasteiger charge is -2.28. The minimum atomic E-state index is -3.14. The zero-order valence-corrected chi connectivity index (χ0v) is 14.1. The van der Waals surface area contributed by atoms with Crippen LogP contribution in [0.1, 0.15) is 37.4 Å². The highest BCUT2D eigenvalue weighted by molar-refractivity contribution is 7.88. The topological polar surface area (TPSA) is 115 Å². The van der Waals surface area contributed by atoms with Gasteiger partial charge in [-0.05, 0) is 19.8 Å². The predicted octanol–water partition coefficient (Wildman–Crippen LogP) is -0.139. The van der Waals surface area contributed by atoms with Gasteiger partial charge < -0.3 is 14.6 Å². The van der Waals surface area contributed by atoms with Gasteiger partial charge in [-0.25, -0.2) is 12.7 Å². The van der Waals surface area contributed by atoms with E-state index in [1.165, 1.54) is 10.6 Å². The van der Waals surface area contributed by atoms with Gasteiger partial charge in [-0.1, -0.05) is 5.16 Å². The zero-order valence-electron chi connectivity index (χ0n) is 13.3. The number of nitrogens with zero attached hydrogens (tertiary/aromatic N) is 3. The maximum atomic E-state index is 11.5. The summed E-state index contributed by atoms with van der Waals surface area (Å²) in [4.78, 5) is 15.7. The number of carbonyl (C=O) groups excluding carboxylic acids is 1. The first kappa shape index (κ1) is 17.8. The summed E-state index contributed by atoms with van der Waals surface area (Å²) >= 11 is 0. The molecule has 23 heavy (non-hydrogen) atoms. The molecule has 1 saturated heterocycles. The smallest absolute Gasteiger partial charge is 0.246 e. The maximum absolute atomic E-state index is 11.5. The Morgan fingerprint density at radius 1 is 1.43 bits per heavy atom. The van der Waals surface area contributed by atoms with E-state index in [-0.39, 0.29) is 25.0 Å². The van der Waals surface area contributed by atoms with Gasteiger partial charge in [0.1, 0.15) is 6.61 Å². The summed E-state index contributed by atoms with van der Waals surface area (Å²) in [7, 11) is -3.14. The van der Waals surface area contributed by atoms with E-state index in [2.05, 4.69) is 15.5 Å². The van der Waals surface area contributed by atoms with Gasteiger partial charge in [-0.15, -0.1) is 0 Å². The average molecular weight is 346 g/mol. The van der Waals surface area contributed by atoms with Gasteiger partial charge >= 0.3 is 0 Å². The molecule has 0 unspecified atom stereocenters. The van der Waals surface area contributed by atoms with Crippen molar-refractivity contribution in [2.24, 2.45) is 0 Å². The Labute approximate surface area is 135 Å². The van der Waals surface area contributed by atoms with Gasteiger partial charge in [-0.2, -0.15) is 4.98 Å². The number of ether oxygens (including phenoxy) is 1. The van der Waals surface area contributed by atoms with Crippen molar-refractivity contribution in [3.05, 3.63) is 11.7 Å². The second-order valence-electron chi connectivity index (χ2n) is 5.40. The molecular weight excluding hydrogens is 324 g/mol. The SMILES string of the molecule is CCOCC(=O)NCc1nc(C2CCN(S(C)(=O)=O)CC2)no1.